The van der Waals surface area contributed by atoms with Crippen LogP contribution < -0.4 is 9.47 Å². The smallest absolute Gasteiger partial charge is 0.233 e. The minimum atomic E-state index is 0.00280. The third-order valence-electron chi connectivity index (χ3n) is 5.08. The molecule has 2 aromatic carbocycles. The maximum atomic E-state index is 12.8. The molecule has 0 aliphatic rings. The maximum Gasteiger partial charge on any atom is 0.233 e. The summed E-state index contributed by atoms with van der Waals surface area (Å²) in [5.41, 5.74) is 3.10. The lowest BCUT2D eigenvalue weighted by molar-refractivity contribution is -0.127. The molecule has 0 bridgehead atoms. The molecule has 0 N–H and O–H groups in total. The second-order valence-electron chi connectivity index (χ2n) is 7.52. The van der Waals surface area contributed by atoms with Gasteiger partial charge in [-0.15, -0.1) is 10.2 Å². The predicted octanol–water partition coefficient (Wildman–Crippen LogP) is 4.43. The number of aromatic nitrogens is 3. The summed E-state index contributed by atoms with van der Waals surface area (Å²) in [4.78, 5) is 14.5. The number of hydrogen-bond acceptors (Lipinski definition) is 6. The molecule has 0 aliphatic heterocycles. The van der Waals surface area contributed by atoms with Gasteiger partial charge in [0.15, 0.2) is 22.5 Å². The highest BCUT2D eigenvalue weighted by Gasteiger charge is 2.18. The highest BCUT2D eigenvalue weighted by molar-refractivity contribution is 7.99. The standard InChI is InChI=1S/C24H30N4O3S/c1-6-13-28-23(18-10-7-9-17(2)14-18)25-26-24(28)32-16-21(29)27(3)15-19-11-8-12-20(30-4)22(19)31-5/h7-12,14H,6,13,15-16H2,1-5H3. The highest BCUT2D eigenvalue weighted by atomic mass is 32.2. The normalized spacial score (nSPS) is 10.8. The number of amides is 1. The van der Waals surface area contributed by atoms with Gasteiger partial charge in [-0.25, -0.2) is 0 Å². The molecule has 1 aromatic heterocycles. The van der Waals surface area contributed by atoms with Crippen molar-refractivity contribution in [3.05, 3.63) is 53.6 Å². The molecule has 8 heteroatoms. The number of para-hydroxylation sites is 1. The van der Waals surface area contributed by atoms with Crippen molar-refractivity contribution in [1.29, 1.82) is 0 Å². The fourth-order valence-corrected chi connectivity index (χ4v) is 4.38. The number of hydrogen-bond donors (Lipinski definition) is 0. The molecule has 0 unspecified atom stereocenters. The van der Waals surface area contributed by atoms with E-state index in [4.69, 9.17) is 9.47 Å². The van der Waals surface area contributed by atoms with E-state index in [0.29, 0.717) is 18.0 Å². The topological polar surface area (TPSA) is 69.5 Å². The number of ether oxygens (including phenoxy) is 2. The summed E-state index contributed by atoms with van der Waals surface area (Å²) < 4.78 is 12.9. The van der Waals surface area contributed by atoms with Crippen LogP contribution in [0.1, 0.15) is 24.5 Å². The van der Waals surface area contributed by atoms with E-state index in [-0.39, 0.29) is 11.7 Å². The highest BCUT2D eigenvalue weighted by Crippen LogP contribution is 2.31. The third-order valence-corrected chi connectivity index (χ3v) is 6.03. The second-order valence-corrected chi connectivity index (χ2v) is 8.46. The van der Waals surface area contributed by atoms with Crippen LogP contribution in [0, 0.1) is 6.92 Å². The molecule has 0 radical (unpaired) electrons. The molecule has 32 heavy (non-hydrogen) atoms. The van der Waals surface area contributed by atoms with Crippen LogP contribution in [-0.4, -0.2) is 52.6 Å². The number of benzene rings is 2. The Bertz CT molecular complexity index is 1070. The number of methoxy groups -OCH3 is 2. The molecule has 1 amide bonds. The lowest BCUT2D eigenvalue weighted by Crippen LogP contribution is -2.28. The first-order valence-corrected chi connectivity index (χ1v) is 11.5. The summed E-state index contributed by atoms with van der Waals surface area (Å²) in [7, 11) is 4.99. The summed E-state index contributed by atoms with van der Waals surface area (Å²) >= 11 is 1.41. The lowest BCUT2D eigenvalue weighted by Gasteiger charge is -2.20. The van der Waals surface area contributed by atoms with E-state index in [1.54, 1.807) is 26.2 Å². The van der Waals surface area contributed by atoms with Gasteiger partial charge in [-0.1, -0.05) is 54.6 Å². The van der Waals surface area contributed by atoms with Gasteiger partial charge in [0.1, 0.15) is 0 Å². The molecule has 0 aliphatic carbocycles. The van der Waals surface area contributed by atoms with Crippen molar-refractivity contribution in [2.24, 2.45) is 0 Å². The van der Waals surface area contributed by atoms with Gasteiger partial charge in [0.05, 0.1) is 20.0 Å². The number of thioether (sulfide) groups is 1. The molecular weight excluding hydrogens is 424 g/mol. The largest absolute Gasteiger partial charge is 0.493 e. The number of carbonyl (C=O) groups excluding carboxylic acids is 1. The minimum Gasteiger partial charge on any atom is -0.493 e. The van der Waals surface area contributed by atoms with Crippen molar-refractivity contribution in [3.8, 4) is 22.9 Å². The first kappa shape index (κ1) is 23.7. The third kappa shape index (κ3) is 5.43. The van der Waals surface area contributed by atoms with Crippen LogP contribution in [0.5, 0.6) is 11.5 Å². The van der Waals surface area contributed by atoms with E-state index in [0.717, 1.165) is 35.1 Å². The number of rotatable bonds is 10. The van der Waals surface area contributed by atoms with Crippen LogP contribution in [-0.2, 0) is 17.9 Å². The zero-order chi connectivity index (χ0) is 23.1. The maximum absolute atomic E-state index is 12.8. The van der Waals surface area contributed by atoms with Crippen LogP contribution in [0.4, 0.5) is 0 Å². The van der Waals surface area contributed by atoms with Crippen molar-refractivity contribution in [3.63, 3.8) is 0 Å². The molecule has 7 nitrogen and oxygen atoms in total. The SMILES string of the molecule is CCCn1c(SCC(=O)N(C)Cc2cccc(OC)c2OC)nnc1-c1cccc(C)c1. The molecule has 3 rings (SSSR count). The zero-order valence-corrected chi connectivity index (χ0v) is 20.1. The van der Waals surface area contributed by atoms with Gasteiger partial charge in [0, 0.05) is 31.3 Å². The Morgan fingerprint density at radius 1 is 1.12 bits per heavy atom. The summed E-state index contributed by atoms with van der Waals surface area (Å²) in [5.74, 6) is 2.41. The Hall–Kier alpha value is -3.00. The monoisotopic (exact) mass is 454 g/mol. The van der Waals surface area contributed by atoms with Gasteiger partial charge in [0.2, 0.25) is 5.91 Å². The van der Waals surface area contributed by atoms with Gasteiger partial charge >= 0.3 is 0 Å². The van der Waals surface area contributed by atoms with E-state index < -0.39 is 0 Å². The molecule has 3 aromatic rings. The molecule has 0 saturated heterocycles. The van der Waals surface area contributed by atoms with Crippen molar-refractivity contribution in [2.45, 2.75) is 38.5 Å². The average Bonchev–Trinajstić information content (AvgIpc) is 3.19. The van der Waals surface area contributed by atoms with Crippen LogP contribution in [0.3, 0.4) is 0 Å². The van der Waals surface area contributed by atoms with Gasteiger partial charge in [-0.05, 0) is 25.5 Å². The van der Waals surface area contributed by atoms with E-state index in [1.165, 1.54) is 17.3 Å². The molecule has 0 fully saturated rings. The molecule has 0 saturated carbocycles. The van der Waals surface area contributed by atoms with Crippen LogP contribution in [0.15, 0.2) is 47.6 Å². The number of carbonyl (C=O) groups is 1. The van der Waals surface area contributed by atoms with Crippen molar-refractivity contribution in [2.75, 3.05) is 27.0 Å². The number of aryl methyl sites for hydroxylation is 1. The average molecular weight is 455 g/mol. The van der Waals surface area contributed by atoms with Crippen molar-refractivity contribution in [1.82, 2.24) is 19.7 Å². The molecule has 0 atom stereocenters. The van der Waals surface area contributed by atoms with Crippen LogP contribution in [0.2, 0.25) is 0 Å². The molecular formula is C24H30N4O3S. The van der Waals surface area contributed by atoms with Crippen molar-refractivity contribution < 1.29 is 14.3 Å². The summed E-state index contributed by atoms with van der Waals surface area (Å²) in [5, 5.41) is 9.54. The Kier molecular flexibility index (Phi) is 8.16. The molecule has 1 heterocycles. The minimum absolute atomic E-state index is 0.00280. The predicted molar refractivity (Wildman–Crippen MR) is 127 cm³/mol. The lowest BCUT2D eigenvalue weighted by atomic mass is 10.1. The Balaban J connectivity index is 1.71. The second kappa shape index (κ2) is 11.0. The quantitative estimate of drug-likeness (QED) is 0.422. The van der Waals surface area contributed by atoms with Crippen LogP contribution in [0.25, 0.3) is 11.4 Å². The van der Waals surface area contributed by atoms with E-state index in [2.05, 4.69) is 40.7 Å². The Labute approximate surface area is 193 Å². The molecule has 0 spiro atoms. The van der Waals surface area contributed by atoms with Gasteiger partial charge in [0.25, 0.3) is 0 Å². The zero-order valence-electron chi connectivity index (χ0n) is 19.3. The van der Waals surface area contributed by atoms with E-state index >= 15 is 0 Å². The van der Waals surface area contributed by atoms with Gasteiger partial charge in [-0.3, -0.25) is 4.79 Å². The first-order chi connectivity index (χ1) is 15.5. The van der Waals surface area contributed by atoms with Crippen LogP contribution >= 0.6 is 11.8 Å². The number of nitrogens with zero attached hydrogens (tertiary/aromatic N) is 4. The van der Waals surface area contributed by atoms with Gasteiger partial charge < -0.3 is 18.9 Å². The summed E-state index contributed by atoms with van der Waals surface area (Å²) in [6.45, 7) is 5.40. The summed E-state index contributed by atoms with van der Waals surface area (Å²) in [6, 6.07) is 13.9. The summed E-state index contributed by atoms with van der Waals surface area (Å²) in [6.07, 6.45) is 0.952. The van der Waals surface area contributed by atoms with E-state index in [1.807, 2.05) is 30.3 Å². The van der Waals surface area contributed by atoms with E-state index in [9.17, 15) is 4.79 Å². The fraction of sp³-hybridized carbons (Fsp3) is 0.375. The van der Waals surface area contributed by atoms with Crippen molar-refractivity contribution >= 4 is 17.7 Å². The first-order valence-electron chi connectivity index (χ1n) is 10.5. The Morgan fingerprint density at radius 2 is 1.91 bits per heavy atom. The fourth-order valence-electron chi connectivity index (χ4n) is 3.48. The molecule has 170 valence electrons. The van der Waals surface area contributed by atoms with Gasteiger partial charge in [-0.2, -0.15) is 0 Å². The Morgan fingerprint density at radius 3 is 2.59 bits per heavy atom.